The highest BCUT2D eigenvalue weighted by Crippen LogP contribution is 2.38. The number of benzene rings is 2. The molecule has 2 aliphatic carbocycles. The second-order valence-corrected chi connectivity index (χ2v) is 9.67. The lowest BCUT2D eigenvalue weighted by molar-refractivity contribution is -0.0189. The number of anilines is 1. The predicted octanol–water partition coefficient (Wildman–Crippen LogP) is 5.88. The van der Waals surface area contributed by atoms with Gasteiger partial charge in [-0.25, -0.2) is 0 Å². The van der Waals surface area contributed by atoms with Gasteiger partial charge in [0.05, 0.1) is 29.8 Å². The third kappa shape index (κ3) is 4.03. The van der Waals surface area contributed by atoms with E-state index in [4.69, 9.17) is 4.74 Å². The molecule has 2 aromatic rings. The van der Waals surface area contributed by atoms with E-state index in [1.165, 1.54) is 11.3 Å². The van der Waals surface area contributed by atoms with Crippen LogP contribution in [0.1, 0.15) is 18.4 Å². The second kappa shape index (κ2) is 9.09. The molecule has 0 bridgehead atoms. The van der Waals surface area contributed by atoms with E-state index >= 15 is 0 Å². The standard InChI is InChI=1S/C31H29N3O/c1-33-17-16-25(20-32)27(21-33)24-10-6-8-22(18-24)23-9-7-11-26(19-23)34-28-12-2-4-14-30(28)35-31-15-5-3-13-29(31)34/h2,4-12,14-19,28-31H,3,13,21H2,1H3/t28?,29?,30?,31-/m1/s1. The topological polar surface area (TPSA) is 39.5 Å². The first-order valence-corrected chi connectivity index (χ1v) is 12.4. The van der Waals surface area contributed by atoms with Gasteiger partial charge in [-0.2, -0.15) is 5.26 Å². The molecule has 2 heterocycles. The highest BCUT2D eigenvalue weighted by molar-refractivity contribution is 5.80. The van der Waals surface area contributed by atoms with Crippen LogP contribution in [0.3, 0.4) is 0 Å². The number of allylic oxidation sites excluding steroid dienone is 5. The Labute approximate surface area is 207 Å². The number of ether oxygens (including phenoxy) is 1. The first-order chi connectivity index (χ1) is 17.2. The summed E-state index contributed by atoms with van der Waals surface area (Å²) in [5.41, 5.74) is 6.49. The van der Waals surface area contributed by atoms with Gasteiger partial charge in [-0.15, -0.1) is 0 Å². The number of nitriles is 1. The van der Waals surface area contributed by atoms with E-state index in [-0.39, 0.29) is 18.2 Å². The molecule has 0 N–H and O–H groups in total. The first kappa shape index (κ1) is 21.7. The smallest absolute Gasteiger partial charge is 0.101 e. The number of morpholine rings is 1. The molecule has 0 amide bonds. The molecule has 0 radical (unpaired) electrons. The number of hydrogen-bond acceptors (Lipinski definition) is 4. The van der Waals surface area contributed by atoms with Crippen LogP contribution in [0.4, 0.5) is 5.69 Å². The summed E-state index contributed by atoms with van der Waals surface area (Å²) >= 11 is 0. The fraction of sp³-hybridized carbons (Fsp3) is 0.258. The largest absolute Gasteiger partial charge is 0.376 e. The SMILES string of the molecule is CN1C=CC(C#N)=C(c2cccc(-c3cccc(N4C5C=CC=CC5O[C@@H]5C=CCCC54)c3)c2)C1. The average Bonchev–Trinajstić information content (AvgIpc) is 2.92. The molecule has 1 fully saturated rings. The van der Waals surface area contributed by atoms with Gasteiger partial charge < -0.3 is 14.5 Å². The minimum Gasteiger partial charge on any atom is -0.376 e. The van der Waals surface area contributed by atoms with Gasteiger partial charge in [0.2, 0.25) is 0 Å². The molecule has 3 unspecified atom stereocenters. The van der Waals surface area contributed by atoms with E-state index in [9.17, 15) is 5.26 Å². The molecular weight excluding hydrogens is 430 g/mol. The van der Waals surface area contributed by atoms with Gasteiger partial charge in [-0.05, 0) is 59.4 Å². The monoisotopic (exact) mass is 459 g/mol. The van der Waals surface area contributed by atoms with Gasteiger partial charge >= 0.3 is 0 Å². The van der Waals surface area contributed by atoms with Crippen LogP contribution in [-0.2, 0) is 4.74 Å². The van der Waals surface area contributed by atoms with Gasteiger partial charge in [-0.3, -0.25) is 0 Å². The summed E-state index contributed by atoms with van der Waals surface area (Å²) in [5.74, 6) is 0. The van der Waals surface area contributed by atoms with Crippen molar-refractivity contribution in [1.29, 1.82) is 5.26 Å². The van der Waals surface area contributed by atoms with Crippen LogP contribution in [-0.4, -0.2) is 42.8 Å². The zero-order chi connectivity index (χ0) is 23.8. The Morgan fingerprint density at radius 3 is 2.63 bits per heavy atom. The molecular formula is C31H29N3O. The van der Waals surface area contributed by atoms with Gasteiger partial charge in [0.15, 0.2) is 0 Å². The van der Waals surface area contributed by atoms with Crippen molar-refractivity contribution in [3.8, 4) is 17.2 Å². The average molecular weight is 460 g/mol. The summed E-state index contributed by atoms with van der Waals surface area (Å²) < 4.78 is 6.47. The van der Waals surface area contributed by atoms with E-state index in [0.717, 1.165) is 41.7 Å². The zero-order valence-corrected chi connectivity index (χ0v) is 19.9. The Morgan fingerprint density at radius 2 is 1.74 bits per heavy atom. The van der Waals surface area contributed by atoms with Gasteiger partial charge in [-0.1, -0.05) is 66.8 Å². The Bertz CT molecular complexity index is 1320. The Morgan fingerprint density at radius 1 is 0.943 bits per heavy atom. The highest BCUT2D eigenvalue weighted by Gasteiger charge is 2.42. The molecule has 0 aromatic heterocycles. The van der Waals surface area contributed by atoms with Crippen LogP contribution in [0.5, 0.6) is 0 Å². The lowest BCUT2D eigenvalue weighted by atomic mass is 9.89. The Hall–Kier alpha value is -3.81. The molecule has 4 aliphatic rings. The lowest BCUT2D eigenvalue weighted by Gasteiger charge is -2.51. The molecule has 2 aliphatic heterocycles. The van der Waals surface area contributed by atoms with E-state index < -0.39 is 0 Å². The molecule has 6 rings (SSSR count). The maximum Gasteiger partial charge on any atom is 0.101 e. The summed E-state index contributed by atoms with van der Waals surface area (Å²) in [6.45, 7) is 0.732. The Balaban J connectivity index is 1.38. The molecule has 4 atom stereocenters. The van der Waals surface area contributed by atoms with Crippen molar-refractivity contribution >= 4 is 11.3 Å². The molecule has 174 valence electrons. The summed E-state index contributed by atoms with van der Waals surface area (Å²) in [7, 11) is 2.04. The number of rotatable bonds is 3. The molecule has 4 nitrogen and oxygen atoms in total. The summed E-state index contributed by atoms with van der Waals surface area (Å²) in [6, 6.07) is 20.4. The van der Waals surface area contributed by atoms with Crippen molar-refractivity contribution in [2.45, 2.75) is 37.1 Å². The zero-order valence-electron chi connectivity index (χ0n) is 19.9. The van der Waals surface area contributed by atoms with E-state index in [1.807, 2.05) is 19.3 Å². The molecule has 0 spiro atoms. The maximum atomic E-state index is 9.66. The molecule has 1 saturated heterocycles. The van der Waals surface area contributed by atoms with Crippen LogP contribution >= 0.6 is 0 Å². The van der Waals surface area contributed by atoms with Gasteiger partial charge in [0.25, 0.3) is 0 Å². The van der Waals surface area contributed by atoms with Crippen LogP contribution in [0.2, 0.25) is 0 Å². The van der Waals surface area contributed by atoms with E-state index in [1.54, 1.807) is 0 Å². The van der Waals surface area contributed by atoms with Crippen LogP contribution < -0.4 is 4.90 Å². The van der Waals surface area contributed by atoms with E-state index in [2.05, 4.69) is 101 Å². The van der Waals surface area contributed by atoms with Gasteiger partial charge in [0.1, 0.15) is 6.10 Å². The van der Waals surface area contributed by atoms with Crippen molar-refractivity contribution in [2.24, 2.45) is 0 Å². The number of fused-ring (bicyclic) bond motifs is 2. The predicted molar refractivity (Wildman–Crippen MR) is 142 cm³/mol. The van der Waals surface area contributed by atoms with Crippen molar-refractivity contribution in [1.82, 2.24) is 4.90 Å². The number of hydrogen-bond donors (Lipinski definition) is 0. The van der Waals surface area contributed by atoms with Gasteiger partial charge in [0, 0.05) is 25.5 Å². The third-order valence-electron chi connectivity index (χ3n) is 7.42. The second-order valence-electron chi connectivity index (χ2n) is 9.67. The minimum atomic E-state index is 0.0590. The molecule has 2 aromatic carbocycles. The van der Waals surface area contributed by atoms with E-state index in [0.29, 0.717) is 6.04 Å². The normalized spacial score (nSPS) is 27.0. The fourth-order valence-electron chi connectivity index (χ4n) is 5.72. The molecule has 35 heavy (non-hydrogen) atoms. The van der Waals surface area contributed by atoms with Crippen LogP contribution in [0.25, 0.3) is 16.7 Å². The lowest BCUT2D eigenvalue weighted by Crippen LogP contribution is -2.60. The summed E-state index contributed by atoms with van der Waals surface area (Å²) in [5, 5.41) is 9.66. The Kier molecular flexibility index (Phi) is 5.64. The van der Waals surface area contributed by atoms with Crippen molar-refractivity contribution in [3.05, 3.63) is 108 Å². The van der Waals surface area contributed by atoms with Crippen molar-refractivity contribution in [2.75, 3.05) is 18.5 Å². The fourth-order valence-corrected chi connectivity index (χ4v) is 5.72. The summed E-state index contributed by atoms with van der Waals surface area (Å²) in [6.07, 6.45) is 19.4. The van der Waals surface area contributed by atoms with Crippen molar-refractivity contribution < 1.29 is 4.74 Å². The first-order valence-electron chi connectivity index (χ1n) is 12.4. The third-order valence-corrected chi connectivity index (χ3v) is 7.42. The summed E-state index contributed by atoms with van der Waals surface area (Å²) in [4.78, 5) is 4.69. The quantitative estimate of drug-likeness (QED) is 0.538. The number of nitrogens with zero attached hydrogens (tertiary/aromatic N) is 3. The minimum absolute atomic E-state index is 0.0590. The maximum absolute atomic E-state index is 9.66. The highest BCUT2D eigenvalue weighted by atomic mass is 16.5. The number of likely N-dealkylation sites (N-methyl/N-ethyl adjacent to an activating group) is 1. The van der Waals surface area contributed by atoms with Crippen LogP contribution in [0, 0.1) is 11.3 Å². The van der Waals surface area contributed by atoms with Crippen LogP contribution in [0.15, 0.2) is 103 Å². The molecule has 4 heteroatoms. The molecule has 0 saturated carbocycles. The van der Waals surface area contributed by atoms with Crippen molar-refractivity contribution in [3.63, 3.8) is 0 Å².